The van der Waals surface area contributed by atoms with Crippen LogP contribution in [0.2, 0.25) is 0 Å². The third-order valence-corrected chi connectivity index (χ3v) is 6.29. The molecule has 152 valence electrons. The molecule has 6 nitrogen and oxygen atoms in total. The van der Waals surface area contributed by atoms with Gasteiger partial charge in [0, 0.05) is 11.3 Å². The van der Waals surface area contributed by atoms with E-state index in [0.717, 1.165) is 36.2 Å². The number of imidazole rings is 1. The van der Waals surface area contributed by atoms with Crippen LogP contribution in [0, 0.1) is 0 Å². The Kier molecular flexibility index (Phi) is 5.69. The molecule has 0 radical (unpaired) electrons. The Morgan fingerprint density at radius 3 is 2.59 bits per heavy atom. The lowest BCUT2D eigenvalue weighted by Gasteiger charge is -2.19. The highest BCUT2D eigenvalue weighted by molar-refractivity contribution is 7.92. The molecule has 1 aromatic heterocycles. The Morgan fingerprint density at radius 2 is 1.79 bits per heavy atom. The zero-order valence-corrected chi connectivity index (χ0v) is 17.3. The number of hydrogen-bond donors (Lipinski definition) is 1. The van der Waals surface area contributed by atoms with E-state index in [-0.39, 0.29) is 6.54 Å². The summed E-state index contributed by atoms with van der Waals surface area (Å²) < 4.78 is 31.8. The van der Waals surface area contributed by atoms with E-state index >= 15 is 0 Å². The Morgan fingerprint density at radius 1 is 1.03 bits per heavy atom. The minimum Gasteiger partial charge on any atom is -0.379 e. The van der Waals surface area contributed by atoms with Crippen LogP contribution in [-0.4, -0.2) is 44.4 Å². The number of aromatic amines is 1. The van der Waals surface area contributed by atoms with Crippen molar-refractivity contribution in [2.75, 3.05) is 30.3 Å². The number of aryl methyl sites for hydroxylation is 2. The molecule has 0 saturated heterocycles. The number of ether oxygens (including phenoxy) is 1. The first-order valence-corrected chi connectivity index (χ1v) is 11.6. The molecule has 4 rings (SSSR count). The van der Waals surface area contributed by atoms with Gasteiger partial charge in [0.15, 0.2) is 0 Å². The molecule has 0 atom stereocenters. The molecule has 0 unspecified atom stereocenters. The van der Waals surface area contributed by atoms with Crippen molar-refractivity contribution >= 4 is 16.0 Å². The maximum absolute atomic E-state index is 12.4. The molecule has 1 aliphatic carbocycles. The molecule has 1 N–H and O–H groups in total. The van der Waals surface area contributed by atoms with E-state index in [2.05, 4.69) is 28.2 Å². The summed E-state index contributed by atoms with van der Waals surface area (Å²) in [5.74, 6) is 0.362. The minimum atomic E-state index is -3.47. The summed E-state index contributed by atoms with van der Waals surface area (Å²) in [7, 11) is -3.47. The van der Waals surface area contributed by atoms with Gasteiger partial charge in [-0.15, -0.1) is 0 Å². The fourth-order valence-electron chi connectivity index (χ4n) is 3.66. The maximum atomic E-state index is 12.4. The Labute approximate surface area is 171 Å². The number of rotatable bonds is 8. The molecular formula is C22H25N3O3S. The molecule has 0 aliphatic heterocycles. The van der Waals surface area contributed by atoms with Crippen LogP contribution in [-0.2, 0) is 34.0 Å². The van der Waals surface area contributed by atoms with E-state index in [1.165, 1.54) is 21.7 Å². The van der Waals surface area contributed by atoms with Crippen molar-refractivity contribution < 1.29 is 13.2 Å². The van der Waals surface area contributed by atoms with Gasteiger partial charge in [0.1, 0.15) is 0 Å². The van der Waals surface area contributed by atoms with E-state index in [1.807, 2.05) is 36.4 Å². The average molecular weight is 412 g/mol. The van der Waals surface area contributed by atoms with Gasteiger partial charge in [-0.05, 0) is 30.4 Å². The molecule has 2 aromatic carbocycles. The van der Waals surface area contributed by atoms with Crippen molar-refractivity contribution in [3.8, 4) is 11.3 Å². The summed E-state index contributed by atoms with van der Waals surface area (Å²) in [6, 6.07) is 18.2. The van der Waals surface area contributed by atoms with Gasteiger partial charge in [0.2, 0.25) is 16.0 Å². The first-order chi connectivity index (χ1) is 14.0. The number of anilines is 1. The maximum Gasteiger partial charge on any atom is 0.234 e. The third-order valence-electron chi connectivity index (χ3n) is 5.14. The first kappa shape index (κ1) is 19.7. The van der Waals surface area contributed by atoms with Gasteiger partial charge >= 0.3 is 0 Å². The highest BCUT2D eigenvalue weighted by Crippen LogP contribution is 2.33. The van der Waals surface area contributed by atoms with Crippen LogP contribution in [0.25, 0.3) is 11.3 Å². The summed E-state index contributed by atoms with van der Waals surface area (Å²) in [6.07, 6.45) is 3.74. The monoisotopic (exact) mass is 411 g/mol. The largest absolute Gasteiger partial charge is 0.379 e. The van der Waals surface area contributed by atoms with Crippen molar-refractivity contribution in [2.24, 2.45) is 0 Å². The number of benzene rings is 2. The van der Waals surface area contributed by atoms with Gasteiger partial charge in [-0.2, -0.15) is 0 Å². The SMILES string of the molecule is CS(=O)(=O)N(CCOCCc1ccccc1)c1nc2c([nH]1)CCc1ccccc1-2. The van der Waals surface area contributed by atoms with E-state index in [1.54, 1.807) is 0 Å². The molecule has 29 heavy (non-hydrogen) atoms. The van der Waals surface area contributed by atoms with Crippen LogP contribution in [0.4, 0.5) is 5.95 Å². The predicted octanol–water partition coefficient (Wildman–Crippen LogP) is 3.20. The molecule has 3 aromatic rings. The topological polar surface area (TPSA) is 75.3 Å². The quantitative estimate of drug-likeness (QED) is 0.578. The smallest absolute Gasteiger partial charge is 0.234 e. The van der Waals surface area contributed by atoms with Crippen LogP contribution < -0.4 is 4.31 Å². The second-order valence-electron chi connectivity index (χ2n) is 7.23. The number of nitrogens with zero attached hydrogens (tertiary/aromatic N) is 2. The number of sulfonamides is 1. The number of aromatic nitrogens is 2. The number of hydrogen-bond acceptors (Lipinski definition) is 4. The molecule has 1 heterocycles. The second-order valence-corrected chi connectivity index (χ2v) is 9.13. The first-order valence-electron chi connectivity index (χ1n) is 9.79. The fraction of sp³-hybridized carbons (Fsp3) is 0.318. The van der Waals surface area contributed by atoms with Crippen LogP contribution in [0.15, 0.2) is 54.6 Å². The van der Waals surface area contributed by atoms with E-state index < -0.39 is 10.0 Å². The zero-order chi connectivity index (χ0) is 20.3. The average Bonchev–Trinajstić information content (AvgIpc) is 3.14. The fourth-order valence-corrected chi connectivity index (χ4v) is 4.47. The van der Waals surface area contributed by atoms with Gasteiger partial charge in [0.05, 0.1) is 31.7 Å². The van der Waals surface area contributed by atoms with Crippen LogP contribution >= 0.6 is 0 Å². The zero-order valence-electron chi connectivity index (χ0n) is 16.5. The summed E-state index contributed by atoms with van der Waals surface area (Å²) in [4.78, 5) is 7.87. The van der Waals surface area contributed by atoms with E-state index in [0.29, 0.717) is 19.2 Å². The summed E-state index contributed by atoms with van der Waals surface area (Å²) >= 11 is 0. The Balaban J connectivity index is 1.44. The normalized spacial score (nSPS) is 13.0. The van der Waals surface area contributed by atoms with Crippen molar-refractivity contribution in [3.05, 3.63) is 71.4 Å². The molecular weight excluding hydrogens is 386 g/mol. The lowest BCUT2D eigenvalue weighted by Crippen LogP contribution is -2.34. The van der Waals surface area contributed by atoms with Gasteiger partial charge in [-0.25, -0.2) is 17.7 Å². The van der Waals surface area contributed by atoms with Gasteiger partial charge < -0.3 is 9.72 Å². The lowest BCUT2D eigenvalue weighted by molar-refractivity contribution is 0.145. The highest BCUT2D eigenvalue weighted by Gasteiger charge is 2.25. The molecule has 0 fully saturated rings. The van der Waals surface area contributed by atoms with Crippen molar-refractivity contribution in [3.63, 3.8) is 0 Å². The van der Waals surface area contributed by atoms with Gasteiger partial charge in [-0.3, -0.25) is 0 Å². The van der Waals surface area contributed by atoms with Crippen molar-refractivity contribution in [1.29, 1.82) is 0 Å². The molecule has 0 spiro atoms. The van der Waals surface area contributed by atoms with E-state index in [4.69, 9.17) is 4.74 Å². The second kappa shape index (κ2) is 8.39. The summed E-state index contributed by atoms with van der Waals surface area (Å²) in [6.45, 7) is 1.08. The third kappa shape index (κ3) is 4.52. The summed E-state index contributed by atoms with van der Waals surface area (Å²) in [5.41, 5.74) is 5.35. The summed E-state index contributed by atoms with van der Waals surface area (Å²) in [5, 5.41) is 0. The van der Waals surface area contributed by atoms with Crippen LogP contribution in [0.3, 0.4) is 0 Å². The minimum absolute atomic E-state index is 0.224. The molecule has 7 heteroatoms. The molecule has 0 bridgehead atoms. The van der Waals surface area contributed by atoms with Gasteiger partial charge in [-0.1, -0.05) is 54.6 Å². The molecule has 0 amide bonds. The molecule has 1 aliphatic rings. The number of fused-ring (bicyclic) bond motifs is 3. The number of nitrogens with one attached hydrogen (secondary N) is 1. The van der Waals surface area contributed by atoms with Crippen LogP contribution in [0.1, 0.15) is 16.8 Å². The van der Waals surface area contributed by atoms with E-state index in [9.17, 15) is 8.42 Å². The predicted molar refractivity (Wildman–Crippen MR) is 115 cm³/mol. The van der Waals surface area contributed by atoms with Crippen molar-refractivity contribution in [1.82, 2.24) is 9.97 Å². The van der Waals surface area contributed by atoms with Gasteiger partial charge in [0.25, 0.3) is 0 Å². The lowest BCUT2D eigenvalue weighted by atomic mass is 9.93. The number of H-pyrrole nitrogens is 1. The standard InChI is InChI=1S/C22H25N3O3S/c1-29(26,27)25(14-16-28-15-13-17-7-3-2-4-8-17)22-23-20-12-11-18-9-5-6-10-19(18)21(20)24-22/h2-10H,11-16H2,1H3,(H,23,24). The van der Waals surface area contributed by atoms with Crippen LogP contribution in [0.5, 0.6) is 0 Å². The Bertz CT molecular complexity index is 1080. The highest BCUT2D eigenvalue weighted by atomic mass is 32.2. The van der Waals surface area contributed by atoms with Crippen molar-refractivity contribution in [2.45, 2.75) is 19.3 Å². The molecule has 0 saturated carbocycles. The Hall–Kier alpha value is -2.64.